The van der Waals surface area contributed by atoms with Gasteiger partial charge in [-0.1, -0.05) is 20.3 Å². The van der Waals surface area contributed by atoms with Crippen LogP contribution in [0, 0.1) is 5.92 Å². The molecule has 0 spiro atoms. The Morgan fingerprint density at radius 2 is 2.20 bits per heavy atom. The van der Waals surface area contributed by atoms with E-state index in [1.165, 1.54) is 7.11 Å². The summed E-state index contributed by atoms with van der Waals surface area (Å²) >= 11 is 0. The Hall–Kier alpha value is -0.570. The highest BCUT2D eigenvalue weighted by atomic mass is 16.5. The van der Waals surface area contributed by atoms with Gasteiger partial charge in [0.05, 0.1) is 7.11 Å². The molecule has 0 aromatic carbocycles. The molecule has 0 rings (SSSR count). The molecule has 60 valence electrons. The van der Waals surface area contributed by atoms with Gasteiger partial charge in [0, 0.05) is 0 Å². The molecule has 0 saturated carbocycles. The highest BCUT2D eigenvalue weighted by Gasteiger charge is 2.20. The molecule has 3 heteroatoms. The van der Waals surface area contributed by atoms with Crippen LogP contribution < -0.4 is 0 Å². The van der Waals surface area contributed by atoms with E-state index in [1.807, 2.05) is 13.8 Å². The summed E-state index contributed by atoms with van der Waals surface area (Å²) in [5.74, 6) is -0.568. The maximum atomic E-state index is 10.6. The maximum Gasteiger partial charge on any atom is 0.334 e. The molecule has 0 radical (unpaired) electrons. The summed E-state index contributed by atoms with van der Waals surface area (Å²) in [5, 5.41) is 9.11. The summed E-state index contributed by atoms with van der Waals surface area (Å²) in [6, 6.07) is 0. The predicted octanol–water partition coefficient (Wildman–Crippen LogP) is 0.566. The van der Waals surface area contributed by atoms with E-state index in [9.17, 15) is 4.79 Å². The van der Waals surface area contributed by atoms with Crippen LogP contribution in [-0.2, 0) is 9.53 Å². The lowest BCUT2D eigenvalue weighted by Gasteiger charge is -2.13. The van der Waals surface area contributed by atoms with Gasteiger partial charge in [-0.3, -0.25) is 0 Å². The molecule has 0 saturated heterocycles. The molecule has 2 atom stereocenters. The van der Waals surface area contributed by atoms with E-state index < -0.39 is 12.1 Å². The smallest absolute Gasteiger partial charge is 0.334 e. The number of aliphatic hydroxyl groups is 1. The molecule has 3 nitrogen and oxygen atoms in total. The summed E-state index contributed by atoms with van der Waals surface area (Å²) in [5.41, 5.74) is 0. The molecule has 0 aliphatic heterocycles. The molecule has 0 aliphatic rings. The lowest BCUT2D eigenvalue weighted by atomic mass is 10.0. The fourth-order valence-electron chi connectivity index (χ4n) is 0.576. The number of rotatable bonds is 3. The van der Waals surface area contributed by atoms with Crippen LogP contribution in [0.4, 0.5) is 0 Å². The van der Waals surface area contributed by atoms with E-state index in [-0.39, 0.29) is 5.92 Å². The first kappa shape index (κ1) is 9.43. The molecule has 0 amide bonds. The SMILES string of the molecule is CC[C@H](C)[C@@H](O)C(=O)OC. The maximum absolute atomic E-state index is 10.6. The van der Waals surface area contributed by atoms with Gasteiger partial charge in [-0.2, -0.15) is 0 Å². The van der Waals surface area contributed by atoms with Gasteiger partial charge in [0.1, 0.15) is 0 Å². The summed E-state index contributed by atoms with van der Waals surface area (Å²) in [6.07, 6.45) is -0.189. The van der Waals surface area contributed by atoms with Crippen molar-refractivity contribution in [1.29, 1.82) is 0 Å². The third-order valence-electron chi connectivity index (χ3n) is 1.63. The second-order valence-corrected chi connectivity index (χ2v) is 2.35. The van der Waals surface area contributed by atoms with Crippen LogP contribution in [0.25, 0.3) is 0 Å². The quantitative estimate of drug-likeness (QED) is 0.592. The zero-order chi connectivity index (χ0) is 8.15. The molecule has 1 N–H and O–H groups in total. The second kappa shape index (κ2) is 4.28. The Morgan fingerprint density at radius 3 is 2.50 bits per heavy atom. The van der Waals surface area contributed by atoms with Crippen molar-refractivity contribution in [3.63, 3.8) is 0 Å². The minimum atomic E-state index is -0.963. The van der Waals surface area contributed by atoms with Crippen molar-refractivity contribution >= 4 is 5.97 Å². The largest absolute Gasteiger partial charge is 0.467 e. The van der Waals surface area contributed by atoms with Gasteiger partial charge in [0.15, 0.2) is 6.10 Å². The van der Waals surface area contributed by atoms with E-state index in [4.69, 9.17) is 5.11 Å². The van der Waals surface area contributed by atoms with Crippen LogP contribution in [0.2, 0.25) is 0 Å². The summed E-state index contributed by atoms with van der Waals surface area (Å²) in [4.78, 5) is 10.6. The third kappa shape index (κ3) is 2.35. The fraction of sp³-hybridized carbons (Fsp3) is 0.857. The van der Waals surface area contributed by atoms with Crippen LogP contribution in [0.5, 0.6) is 0 Å². The normalized spacial score (nSPS) is 16.0. The average molecular weight is 146 g/mol. The molecule has 0 aliphatic carbocycles. The molecule has 0 aromatic rings. The first-order valence-corrected chi connectivity index (χ1v) is 3.39. The Bertz CT molecular complexity index is 111. The topological polar surface area (TPSA) is 46.5 Å². The predicted molar refractivity (Wildman–Crippen MR) is 37.5 cm³/mol. The highest BCUT2D eigenvalue weighted by molar-refractivity contribution is 5.74. The van der Waals surface area contributed by atoms with Crippen LogP contribution >= 0.6 is 0 Å². The lowest BCUT2D eigenvalue weighted by Crippen LogP contribution is -2.28. The molecule has 10 heavy (non-hydrogen) atoms. The molecule has 0 heterocycles. The number of carbonyl (C=O) groups is 1. The van der Waals surface area contributed by atoms with E-state index in [2.05, 4.69) is 4.74 Å². The van der Waals surface area contributed by atoms with Gasteiger partial charge >= 0.3 is 5.97 Å². The lowest BCUT2D eigenvalue weighted by molar-refractivity contribution is -0.153. The van der Waals surface area contributed by atoms with Crippen LogP contribution in [0.1, 0.15) is 20.3 Å². The van der Waals surface area contributed by atoms with Gasteiger partial charge in [0.2, 0.25) is 0 Å². The van der Waals surface area contributed by atoms with Crippen LogP contribution in [-0.4, -0.2) is 24.3 Å². The Labute approximate surface area is 61.0 Å². The minimum absolute atomic E-state index is 0.0209. The van der Waals surface area contributed by atoms with Crippen molar-refractivity contribution in [2.24, 2.45) is 5.92 Å². The zero-order valence-electron chi connectivity index (χ0n) is 6.63. The molecular weight excluding hydrogens is 132 g/mol. The van der Waals surface area contributed by atoms with Gasteiger partial charge in [-0.25, -0.2) is 4.79 Å². The summed E-state index contributed by atoms with van der Waals surface area (Å²) < 4.78 is 4.35. The molecular formula is C7H14O3. The summed E-state index contributed by atoms with van der Waals surface area (Å²) in [7, 11) is 1.27. The van der Waals surface area contributed by atoms with E-state index in [0.29, 0.717) is 0 Å². The van der Waals surface area contributed by atoms with Crippen LogP contribution in [0.3, 0.4) is 0 Å². The molecule has 0 unspecified atom stereocenters. The summed E-state index contributed by atoms with van der Waals surface area (Å²) in [6.45, 7) is 3.72. The van der Waals surface area contributed by atoms with Gasteiger partial charge in [-0.05, 0) is 5.92 Å². The minimum Gasteiger partial charge on any atom is -0.467 e. The Balaban J connectivity index is 3.81. The first-order chi connectivity index (χ1) is 4.63. The number of carbonyl (C=O) groups excluding carboxylic acids is 1. The highest BCUT2D eigenvalue weighted by Crippen LogP contribution is 2.07. The van der Waals surface area contributed by atoms with Gasteiger partial charge in [-0.15, -0.1) is 0 Å². The molecule has 0 bridgehead atoms. The van der Waals surface area contributed by atoms with Crippen molar-refractivity contribution < 1.29 is 14.6 Å². The number of ether oxygens (including phenoxy) is 1. The number of methoxy groups -OCH3 is 1. The van der Waals surface area contributed by atoms with Crippen molar-refractivity contribution in [2.75, 3.05) is 7.11 Å². The number of hydrogen-bond donors (Lipinski definition) is 1. The van der Waals surface area contributed by atoms with Crippen molar-refractivity contribution in [3.8, 4) is 0 Å². The van der Waals surface area contributed by atoms with Crippen molar-refractivity contribution in [1.82, 2.24) is 0 Å². The third-order valence-corrected chi connectivity index (χ3v) is 1.63. The van der Waals surface area contributed by atoms with Crippen LogP contribution in [0.15, 0.2) is 0 Å². The zero-order valence-corrected chi connectivity index (χ0v) is 6.63. The number of esters is 1. The van der Waals surface area contributed by atoms with E-state index in [0.717, 1.165) is 6.42 Å². The number of hydrogen-bond acceptors (Lipinski definition) is 3. The fourth-order valence-corrected chi connectivity index (χ4v) is 0.576. The van der Waals surface area contributed by atoms with E-state index in [1.54, 1.807) is 0 Å². The first-order valence-electron chi connectivity index (χ1n) is 3.39. The molecule has 0 aromatic heterocycles. The van der Waals surface area contributed by atoms with Gasteiger partial charge < -0.3 is 9.84 Å². The number of aliphatic hydroxyl groups excluding tert-OH is 1. The Morgan fingerprint density at radius 1 is 1.70 bits per heavy atom. The average Bonchev–Trinajstić information content (AvgIpc) is 2.00. The standard InChI is InChI=1S/C7H14O3/c1-4-5(2)6(8)7(9)10-3/h5-6,8H,4H2,1-3H3/t5-,6+/m0/s1. The second-order valence-electron chi connectivity index (χ2n) is 2.35. The van der Waals surface area contributed by atoms with Crippen molar-refractivity contribution in [2.45, 2.75) is 26.4 Å². The monoisotopic (exact) mass is 146 g/mol. The Kier molecular flexibility index (Phi) is 4.03. The van der Waals surface area contributed by atoms with Crippen molar-refractivity contribution in [3.05, 3.63) is 0 Å². The van der Waals surface area contributed by atoms with Gasteiger partial charge in [0.25, 0.3) is 0 Å². The van der Waals surface area contributed by atoms with E-state index >= 15 is 0 Å². The molecule has 0 fully saturated rings.